The Hall–Kier alpha value is -1.85. The van der Waals surface area contributed by atoms with Gasteiger partial charge in [0.05, 0.1) is 5.69 Å². The number of aromatic nitrogens is 1. The maximum absolute atomic E-state index is 5.55. The molecular weight excluding hydrogens is 252 g/mol. The van der Waals surface area contributed by atoms with E-state index < -0.39 is 0 Å². The summed E-state index contributed by atoms with van der Waals surface area (Å²) in [6.07, 6.45) is 1.64. The molecular formula is C15H20N4O. The van der Waals surface area contributed by atoms with E-state index in [0.717, 1.165) is 38.4 Å². The van der Waals surface area contributed by atoms with Crippen LogP contribution in [0.1, 0.15) is 11.3 Å². The van der Waals surface area contributed by atoms with Gasteiger partial charge in [-0.1, -0.05) is 30.3 Å². The predicted molar refractivity (Wildman–Crippen MR) is 78.3 cm³/mol. The van der Waals surface area contributed by atoms with Crippen LogP contribution < -0.4 is 10.6 Å². The van der Waals surface area contributed by atoms with Gasteiger partial charge in [-0.15, -0.1) is 0 Å². The summed E-state index contributed by atoms with van der Waals surface area (Å²) in [5.41, 5.74) is 7.73. The van der Waals surface area contributed by atoms with Crippen LogP contribution in [0.2, 0.25) is 0 Å². The molecule has 0 unspecified atom stereocenters. The summed E-state index contributed by atoms with van der Waals surface area (Å²) in [5.74, 6) is 0. The van der Waals surface area contributed by atoms with Gasteiger partial charge in [-0.3, -0.25) is 4.90 Å². The Labute approximate surface area is 119 Å². The smallest absolute Gasteiger partial charge is 0.297 e. The van der Waals surface area contributed by atoms with Crippen LogP contribution in [0.5, 0.6) is 0 Å². The van der Waals surface area contributed by atoms with Crippen molar-refractivity contribution in [2.75, 3.05) is 31.1 Å². The normalized spacial score (nSPS) is 16.6. The fraction of sp³-hybridized carbons (Fsp3) is 0.400. The van der Waals surface area contributed by atoms with E-state index in [1.807, 2.05) is 0 Å². The molecule has 5 heteroatoms. The number of nitrogens with zero attached hydrogens (tertiary/aromatic N) is 3. The lowest BCUT2D eigenvalue weighted by molar-refractivity contribution is 0.245. The SMILES string of the molecule is NCc1coc(N2CCN(Cc3ccccc3)CC2)n1. The lowest BCUT2D eigenvalue weighted by Gasteiger charge is -2.33. The molecule has 106 valence electrons. The summed E-state index contributed by atoms with van der Waals surface area (Å²) in [6, 6.07) is 11.3. The van der Waals surface area contributed by atoms with E-state index in [0.29, 0.717) is 12.6 Å². The van der Waals surface area contributed by atoms with E-state index in [1.165, 1.54) is 5.56 Å². The number of nitrogens with two attached hydrogens (primary N) is 1. The molecule has 1 aliphatic rings. The topological polar surface area (TPSA) is 58.5 Å². The molecule has 0 saturated carbocycles. The average molecular weight is 272 g/mol. The van der Waals surface area contributed by atoms with Crippen LogP contribution in [-0.4, -0.2) is 36.1 Å². The maximum atomic E-state index is 5.55. The molecule has 0 bridgehead atoms. The first-order chi connectivity index (χ1) is 9.85. The van der Waals surface area contributed by atoms with Gasteiger partial charge in [0.25, 0.3) is 6.01 Å². The van der Waals surface area contributed by atoms with Crippen LogP contribution in [0, 0.1) is 0 Å². The van der Waals surface area contributed by atoms with E-state index in [9.17, 15) is 0 Å². The summed E-state index contributed by atoms with van der Waals surface area (Å²) in [7, 11) is 0. The predicted octanol–water partition coefficient (Wildman–Crippen LogP) is 1.46. The molecule has 2 heterocycles. The third-order valence-electron chi connectivity index (χ3n) is 3.64. The molecule has 1 aromatic heterocycles. The molecule has 0 aliphatic carbocycles. The quantitative estimate of drug-likeness (QED) is 0.913. The molecule has 0 atom stereocenters. The first-order valence-corrected chi connectivity index (χ1v) is 7.01. The summed E-state index contributed by atoms with van der Waals surface area (Å²) in [6.45, 7) is 5.37. The largest absolute Gasteiger partial charge is 0.432 e. The van der Waals surface area contributed by atoms with E-state index in [4.69, 9.17) is 10.2 Å². The second-order valence-corrected chi connectivity index (χ2v) is 5.07. The Balaban J connectivity index is 1.54. The highest BCUT2D eigenvalue weighted by molar-refractivity contribution is 5.28. The van der Waals surface area contributed by atoms with Gasteiger partial charge in [0, 0.05) is 39.3 Å². The third kappa shape index (κ3) is 3.00. The van der Waals surface area contributed by atoms with Crippen LogP contribution >= 0.6 is 0 Å². The Bertz CT molecular complexity index is 532. The molecule has 0 spiro atoms. The van der Waals surface area contributed by atoms with Gasteiger partial charge in [-0.25, -0.2) is 0 Å². The lowest BCUT2D eigenvalue weighted by atomic mass is 10.2. The van der Waals surface area contributed by atoms with E-state index in [1.54, 1.807) is 6.26 Å². The minimum absolute atomic E-state index is 0.428. The molecule has 5 nitrogen and oxygen atoms in total. The van der Waals surface area contributed by atoms with E-state index in [-0.39, 0.29) is 0 Å². The van der Waals surface area contributed by atoms with Gasteiger partial charge in [0.1, 0.15) is 6.26 Å². The molecule has 2 N–H and O–H groups in total. The maximum Gasteiger partial charge on any atom is 0.297 e. The van der Waals surface area contributed by atoms with Gasteiger partial charge in [0.2, 0.25) is 0 Å². The summed E-state index contributed by atoms with van der Waals surface area (Å²) >= 11 is 0. The first-order valence-electron chi connectivity index (χ1n) is 7.01. The Kier molecular flexibility index (Phi) is 3.99. The molecule has 2 aromatic rings. The Morgan fingerprint density at radius 1 is 1.10 bits per heavy atom. The number of hydrogen-bond acceptors (Lipinski definition) is 5. The first kappa shape index (κ1) is 13.1. The molecule has 1 aromatic carbocycles. The van der Waals surface area contributed by atoms with Crippen molar-refractivity contribution in [2.45, 2.75) is 13.1 Å². The van der Waals surface area contributed by atoms with Gasteiger partial charge in [-0.05, 0) is 5.56 Å². The number of hydrogen-bond donors (Lipinski definition) is 1. The van der Waals surface area contributed by atoms with Gasteiger partial charge >= 0.3 is 0 Å². The second-order valence-electron chi connectivity index (χ2n) is 5.07. The highest BCUT2D eigenvalue weighted by atomic mass is 16.4. The van der Waals surface area contributed by atoms with Crippen LogP contribution in [0.3, 0.4) is 0 Å². The molecule has 1 aliphatic heterocycles. The fourth-order valence-corrected chi connectivity index (χ4v) is 2.47. The van der Waals surface area contributed by atoms with Crippen LogP contribution in [0.4, 0.5) is 6.01 Å². The van der Waals surface area contributed by atoms with Crippen molar-refractivity contribution >= 4 is 6.01 Å². The van der Waals surface area contributed by atoms with Crippen LogP contribution in [-0.2, 0) is 13.1 Å². The molecule has 3 rings (SSSR count). The number of rotatable bonds is 4. The minimum Gasteiger partial charge on any atom is -0.432 e. The van der Waals surface area contributed by atoms with Gasteiger partial charge in [0.15, 0.2) is 0 Å². The summed E-state index contributed by atoms with van der Waals surface area (Å²) < 4.78 is 5.46. The Morgan fingerprint density at radius 2 is 1.85 bits per heavy atom. The van der Waals surface area contributed by atoms with Crippen molar-refractivity contribution in [1.29, 1.82) is 0 Å². The zero-order valence-corrected chi connectivity index (χ0v) is 11.5. The van der Waals surface area contributed by atoms with Crippen LogP contribution in [0.15, 0.2) is 41.0 Å². The van der Waals surface area contributed by atoms with Crippen molar-refractivity contribution in [1.82, 2.24) is 9.88 Å². The number of oxazole rings is 1. The molecule has 0 amide bonds. The monoisotopic (exact) mass is 272 g/mol. The third-order valence-corrected chi connectivity index (χ3v) is 3.64. The number of benzene rings is 1. The zero-order chi connectivity index (χ0) is 13.8. The fourth-order valence-electron chi connectivity index (χ4n) is 2.47. The van der Waals surface area contributed by atoms with Gasteiger partial charge < -0.3 is 15.1 Å². The van der Waals surface area contributed by atoms with Crippen LogP contribution in [0.25, 0.3) is 0 Å². The van der Waals surface area contributed by atoms with Crippen molar-refractivity contribution in [3.05, 3.63) is 47.9 Å². The van der Waals surface area contributed by atoms with Crippen molar-refractivity contribution in [3.8, 4) is 0 Å². The summed E-state index contributed by atoms with van der Waals surface area (Å²) in [4.78, 5) is 9.02. The average Bonchev–Trinajstić information content (AvgIpc) is 2.98. The van der Waals surface area contributed by atoms with E-state index >= 15 is 0 Å². The van der Waals surface area contributed by atoms with Crippen molar-refractivity contribution in [2.24, 2.45) is 5.73 Å². The minimum atomic E-state index is 0.428. The van der Waals surface area contributed by atoms with E-state index in [2.05, 4.69) is 45.1 Å². The highest BCUT2D eigenvalue weighted by Crippen LogP contribution is 2.16. The molecule has 0 radical (unpaired) electrons. The molecule has 1 fully saturated rings. The van der Waals surface area contributed by atoms with Gasteiger partial charge in [-0.2, -0.15) is 4.98 Å². The highest BCUT2D eigenvalue weighted by Gasteiger charge is 2.20. The number of piperazine rings is 1. The number of anilines is 1. The summed E-state index contributed by atoms with van der Waals surface area (Å²) in [5, 5.41) is 0. The van der Waals surface area contributed by atoms with Crippen molar-refractivity contribution in [3.63, 3.8) is 0 Å². The standard InChI is InChI=1S/C15H20N4O/c16-10-14-12-20-15(17-14)19-8-6-18(7-9-19)11-13-4-2-1-3-5-13/h1-5,12H,6-11,16H2. The lowest BCUT2D eigenvalue weighted by Crippen LogP contribution is -2.46. The van der Waals surface area contributed by atoms with Crippen molar-refractivity contribution < 1.29 is 4.42 Å². The Morgan fingerprint density at radius 3 is 2.50 bits per heavy atom. The molecule has 20 heavy (non-hydrogen) atoms. The molecule has 1 saturated heterocycles. The zero-order valence-electron chi connectivity index (χ0n) is 11.5. The second kappa shape index (κ2) is 6.07.